The molecule has 5 rings (SSSR count). The number of piperidine rings is 1. The molecule has 0 aliphatic carbocycles. The number of fused-ring (bicyclic) bond motifs is 1. The first-order valence-corrected chi connectivity index (χ1v) is 12.3. The zero-order valence-corrected chi connectivity index (χ0v) is 20.9. The molecule has 1 aromatic carbocycles. The summed E-state index contributed by atoms with van der Waals surface area (Å²) in [5.74, 6) is 1.84. The lowest BCUT2D eigenvalue weighted by atomic mass is 9.85. The van der Waals surface area contributed by atoms with Crippen molar-refractivity contribution >= 4 is 11.6 Å². The fourth-order valence-corrected chi connectivity index (χ4v) is 4.41. The average Bonchev–Trinajstić information content (AvgIpc) is 3.33. The summed E-state index contributed by atoms with van der Waals surface area (Å²) < 4.78 is 7.85. The molecule has 3 unspecified atom stereocenters. The van der Waals surface area contributed by atoms with Crippen LogP contribution in [0.15, 0.2) is 61.1 Å². The van der Waals surface area contributed by atoms with Crippen molar-refractivity contribution in [3.05, 3.63) is 61.1 Å². The fourth-order valence-electron chi connectivity index (χ4n) is 4.41. The van der Waals surface area contributed by atoms with Crippen molar-refractivity contribution in [2.24, 2.45) is 18.9 Å². The molecule has 0 radical (unpaired) electrons. The van der Waals surface area contributed by atoms with Crippen molar-refractivity contribution < 1.29 is 9.53 Å². The number of nitrogens with one attached hydrogen (secondary N) is 2. The van der Waals surface area contributed by atoms with Crippen molar-refractivity contribution in [3.8, 4) is 17.0 Å². The largest absolute Gasteiger partial charge is 0.470 e. The summed E-state index contributed by atoms with van der Waals surface area (Å²) in [4.78, 5) is 18.3. The summed E-state index contributed by atoms with van der Waals surface area (Å²) >= 11 is 0. The molecule has 0 bridgehead atoms. The van der Waals surface area contributed by atoms with E-state index in [0.29, 0.717) is 24.1 Å². The summed E-state index contributed by atoms with van der Waals surface area (Å²) in [5, 5.41) is 11.2. The Morgan fingerprint density at radius 1 is 1.14 bits per heavy atom. The molecule has 2 aliphatic rings. The molecule has 8 heteroatoms. The van der Waals surface area contributed by atoms with E-state index in [1.165, 1.54) is 0 Å². The maximum absolute atomic E-state index is 11.9. The van der Waals surface area contributed by atoms with Crippen LogP contribution in [0.4, 0.5) is 5.69 Å². The number of amides is 1. The van der Waals surface area contributed by atoms with Gasteiger partial charge in [0.15, 0.2) is 0 Å². The molecule has 8 nitrogen and oxygen atoms in total. The molecule has 2 N–H and O–H groups in total. The van der Waals surface area contributed by atoms with Gasteiger partial charge in [-0.05, 0) is 30.9 Å². The number of ether oxygens (including phenoxy) is 1. The molecule has 0 saturated carbocycles. The van der Waals surface area contributed by atoms with Crippen LogP contribution in [0.3, 0.4) is 0 Å². The van der Waals surface area contributed by atoms with E-state index >= 15 is 0 Å². The second-order valence-corrected chi connectivity index (χ2v) is 9.46. The summed E-state index contributed by atoms with van der Waals surface area (Å²) in [6.07, 6.45) is 7.41. The third-order valence-corrected chi connectivity index (χ3v) is 6.70. The monoisotopic (exact) mass is 476 g/mol. The van der Waals surface area contributed by atoms with Crippen molar-refractivity contribution in [2.45, 2.75) is 25.9 Å². The quantitative estimate of drug-likeness (QED) is 0.567. The van der Waals surface area contributed by atoms with Gasteiger partial charge in [-0.1, -0.05) is 43.3 Å². The predicted octanol–water partition coefficient (Wildman–Crippen LogP) is 3.44. The minimum absolute atomic E-state index is 0.0329. The van der Waals surface area contributed by atoms with E-state index in [9.17, 15) is 4.79 Å². The number of aromatic nitrogens is 3. The van der Waals surface area contributed by atoms with E-state index in [-0.39, 0.29) is 12.0 Å². The topological polar surface area (TPSA) is 84.3 Å². The Bertz CT molecular complexity index is 1060. The van der Waals surface area contributed by atoms with Crippen LogP contribution in [0.25, 0.3) is 11.1 Å². The maximum Gasteiger partial charge on any atom is 0.237 e. The van der Waals surface area contributed by atoms with Crippen LogP contribution >= 0.6 is 0 Å². The number of hydrogen-bond acceptors (Lipinski definition) is 6. The molecule has 4 heterocycles. The first kappa shape index (κ1) is 24.7. The van der Waals surface area contributed by atoms with E-state index < -0.39 is 0 Å². The summed E-state index contributed by atoms with van der Waals surface area (Å²) in [7, 11) is 3.79. The molecule has 3 aromatic rings. The molecule has 0 spiro atoms. The average molecular weight is 477 g/mol. The fraction of sp³-hybridized carbons (Fsp3) is 0.444. The van der Waals surface area contributed by atoms with Gasteiger partial charge in [0.2, 0.25) is 11.8 Å². The summed E-state index contributed by atoms with van der Waals surface area (Å²) in [6.45, 7) is 5.48. The van der Waals surface area contributed by atoms with Crippen LogP contribution < -0.4 is 15.4 Å². The SMILES string of the molecule is CC(CNCC1CNc2cc(-c3cnn(C)c3)cnc2O1)C1CCN(C)C(=O)C1.c1ccccc1. The Morgan fingerprint density at radius 2 is 1.89 bits per heavy atom. The number of rotatable bonds is 6. The lowest BCUT2D eigenvalue weighted by Crippen LogP contribution is -2.43. The number of likely N-dealkylation sites (tertiary alicyclic amines) is 1. The Hall–Kier alpha value is -3.39. The van der Waals surface area contributed by atoms with Gasteiger partial charge in [-0.2, -0.15) is 5.10 Å². The molecule has 3 atom stereocenters. The lowest BCUT2D eigenvalue weighted by Gasteiger charge is -2.33. The van der Waals surface area contributed by atoms with Crippen molar-refractivity contribution in [3.63, 3.8) is 0 Å². The smallest absolute Gasteiger partial charge is 0.237 e. The van der Waals surface area contributed by atoms with Gasteiger partial charge in [0, 0.05) is 57.1 Å². The number of benzene rings is 1. The maximum atomic E-state index is 11.9. The molecule has 1 saturated heterocycles. The van der Waals surface area contributed by atoms with Crippen molar-refractivity contribution in [2.75, 3.05) is 38.5 Å². The Morgan fingerprint density at radius 3 is 2.54 bits per heavy atom. The Kier molecular flexibility index (Phi) is 8.36. The zero-order valence-electron chi connectivity index (χ0n) is 20.9. The van der Waals surface area contributed by atoms with Gasteiger partial charge < -0.3 is 20.3 Å². The first-order chi connectivity index (χ1) is 17.0. The van der Waals surface area contributed by atoms with Crippen molar-refractivity contribution in [1.29, 1.82) is 0 Å². The highest BCUT2D eigenvalue weighted by Gasteiger charge is 2.27. The van der Waals surface area contributed by atoms with E-state index in [1.54, 1.807) is 4.68 Å². The third-order valence-electron chi connectivity index (χ3n) is 6.70. The van der Waals surface area contributed by atoms with Crippen LogP contribution in [0.2, 0.25) is 0 Å². The molecule has 1 amide bonds. The Balaban J connectivity index is 0.000000421. The van der Waals surface area contributed by atoms with Crippen LogP contribution in [0, 0.1) is 11.8 Å². The molecular weight excluding hydrogens is 440 g/mol. The molecule has 2 aliphatic heterocycles. The molecule has 2 aromatic heterocycles. The van der Waals surface area contributed by atoms with Crippen LogP contribution in [-0.4, -0.2) is 64.9 Å². The van der Waals surface area contributed by atoms with Crippen LogP contribution in [0.1, 0.15) is 19.8 Å². The minimum atomic E-state index is 0.0329. The highest BCUT2D eigenvalue weighted by Crippen LogP contribution is 2.31. The second kappa shape index (κ2) is 11.8. The van der Waals surface area contributed by atoms with Gasteiger partial charge in [0.25, 0.3) is 0 Å². The number of pyridine rings is 1. The first-order valence-electron chi connectivity index (χ1n) is 12.3. The number of carbonyl (C=O) groups is 1. The van der Waals surface area contributed by atoms with E-state index in [2.05, 4.69) is 33.7 Å². The van der Waals surface area contributed by atoms with E-state index in [1.807, 2.05) is 74.0 Å². The second-order valence-electron chi connectivity index (χ2n) is 9.46. The normalized spacial score (nSPS) is 20.1. The molecule has 186 valence electrons. The number of anilines is 1. The van der Waals surface area contributed by atoms with E-state index in [4.69, 9.17) is 4.74 Å². The predicted molar refractivity (Wildman–Crippen MR) is 138 cm³/mol. The molecular formula is C27H36N6O2. The van der Waals surface area contributed by atoms with Crippen molar-refractivity contribution in [1.82, 2.24) is 25.0 Å². The van der Waals surface area contributed by atoms with Gasteiger partial charge in [0.05, 0.1) is 18.4 Å². The van der Waals surface area contributed by atoms with Crippen LogP contribution in [-0.2, 0) is 11.8 Å². The Labute approximate surface area is 207 Å². The third kappa shape index (κ3) is 6.82. The number of hydrogen-bond donors (Lipinski definition) is 2. The summed E-state index contributed by atoms with van der Waals surface area (Å²) in [5.41, 5.74) is 2.97. The van der Waals surface area contributed by atoms with E-state index in [0.717, 1.165) is 49.4 Å². The van der Waals surface area contributed by atoms with Gasteiger partial charge in [0.1, 0.15) is 6.10 Å². The van der Waals surface area contributed by atoms with Gasteiger partial charge in [-0.25, -0.2) is 4.98 Å². The summed E-state index contributed by atoms with van der Waals surface area (Å²) in [6, 6.07) is 14.1. The van der Waals surface area contributed by atoms with Crippen LogP contribution in [0.5, 0.6) is 5.88 Å². The number of nitrogens with zero attached hydrogens (tertiary/aromatic N) is 4. The van der Waals surface area contributed by atoms with Gasteiger partial charge >= 0.3 is 0 Å². The number of carbonyl (C=O) groups excluding carboxylic acids is 1. The highest BCUT2D eigenvalue weighted by molar-refractivity contribution is 5.76. The highest BCUT2D eigenvalue weighted by atomic mass is 16.5. The minimum Gasteiger partial charge on any atom is -0.470 e. The van der Waals surface area contributed by atoms with Gasteiger partial charge in [-0.3, -0.25) is 9.48 Å². The molecule has 35 heavy (non-hydrogen) atoms. The standard InChI is InChI=1S/C21H30N6O2.C6H6/c1-14(15-4-5-26(2)20(28)7-15)8-22-11-18-12-23-19-6-16(9-24-21(19)29-18)17-10-25-27(3)13-17;1-2-4-6-5-3-1/h6,9-10,13-15,18,22-23H,4-5,7-8,11-12H2,1-3H3;1-6H. The lowest BCUT2D eigenvalue weighted by molar-refractivity contribution is -0.134. The zero-order chi connectivity index (χ0) is 24.6. The number of aryl methyl sites for hydroxylation is 1. The van der Waals surface area contributed by atoms with Gasteiger partial charge in [-0.15, -0.1) is 0 Å². The molecule has 1 fully saturated rings.